The summed E-state index contributed by atoms with van der Waals surface area (Å²) in [6.45, 7) is 4.35. The van der Waals surface area contributed by atoms with E-state index in [0.29, 0.717) is 12.5 Å². The first kappa shape index (κ1) is 8.62. The molecule has 1 aromatic heterocycles. The van der Waals surface area contributed by atoms with Crippen molar-refractivity contribution < 1.29 is 8.60 Å². The minimum Gasteiger partial charge on any atom is -0.443 e. The molecule has 11 heavy (non-hydrogen) atoms. The lowest BCUT2D eigenvalue weighted by Crippen LogP contribution is -1.85. The molecule has 0 fully saturated rings. The molecule has 3 nitrogen and oxygen atoms in total. The van der Waals surface area contributed by atoms with Gasteiger partial charge in [-0.1, -0.05) is 6.92 Å². The number of hydrogen-bond donors (Lipinski definition) is 0. The highest BCUT2D eigenvalue weighted by atomic mass is 32.2. The number of oxazole rings is 1. The van der Waals surface area contributed by atoms with E-state index in [1.807, 2.05) is 13.8 Å². The molecule has 0 unspecified atom stereocenters. The molecule has 0 N–H and O–H groups in total. The van der Waals surface area contributed by atoms with Gasteiger partial charge in [-0.05, 0) is 19.0 Å². The van der Waals surface area contributed by atoms with Gasteiger partial charge < -0.3 is 8.60 Å². The molecule has 1 rings (SSSR count). The van der Waals surface area contributed by atoms with E-state index in [-0.39, 0.29) is 0 Å². The Morgan fingerprint density at radius 1 is 1.73 bits per heavy atom. The molecule has 0 radical (unpaired) electrons. The lowest BCUT2D eigenvalue weighted by molar-refractivity contribution is 0.301. The normalized spacial score (nSPS) is 10.4. The van der Waals surface area contributed by atoms with E-state index in [0.717, 1.165) is 11.5 Å². The zero-order valence-electron chi connectivity index (χ0n) is 6.66. The third-order valence-electron chi connectivity index (χ3n) is 1.05. The third-order valence-corrected chi connectivity index (χ3v) is 1.57. The van der Waals surface area contributed by atoms with Crippen LogP contribution >= 0.6 is 12.0 Å². The Morgan fingerprint density at radius 2 is 2.55 bits per heavy atom. The molecular formula is C7H11NO2S. The van der Waals surface area contributed by atoms with Gasteiger partial charge in [-0.3, -0.25) is 0 Å². The van der Waals surface area contributed by atoms with E-state index >= 15 is 0 Å². The second kappa shape index (κ2) is 4.41. The van der Waals surface area contributed by atoms with Crippen LogP contribution in [-0.4, -0.2) is 10.7 Å². The summed E-state index contributed by atoms with van der Waals surface area (Å²) in [6, 6.07) is 0. The molecule has 0 aromatic carbocycles. The fourth-order valence-corrected chi connectivity index (χ4v) is 0.994. The molecule has 0 aliphatic heterocycles. The molecule has 0 spiro atoms. The van der Waals surface area contributed by atoms with Crippen LogP contribution in [-0.2, 0) is 10.8 Å². The summed E-state index contributed by atoms with van der Waals surface area (Å²) in [5.74, 6) is 2.41. The van der Waals surface area contributed by atoms with E-state index < -0.39 is 0 Å². The molecule has 1 heterocycles. The average molecular weight is 173 g/mol. The summed E-state index contributed by atoms with van der Waals surface area (Å²) in [7, 11) is 0. The largest absolute Gasteiger partial charge is 0.443 e. The van der Waals surface area contributed by atoms with Gasteiger partial charge in [0.1, 0.15) is 12.4 Å². The maximum absolute atomic E-state index is 5.18. The van der Waals surface area contributed by atoms with E-state index in [4.69, 9.17) is 8.60 Å². The lowest BCUT2D eigenvalue weighted by Gasteiger charge is -1.94. The maximum Gasteiger partial charge on any atom is 0.221 e. The predicted octanol–water partition coefficient (Wildman–Crippen LogP) is 2.17. The Labute approximate surface area is 70.4 Å². The molecule has 0 atom stereocenters. The van der Waals surface area contributed by atoms with Crippen LogP contribution in [0, 0.1) is 6.92 Å². The van der Waals surface area contributed by atoms with Gasteiger partial charge in [0.25, 0.3) is 0 Å². The van der Waals surface area contributed by atoms with Crippen molar-refractivity contribution >= 4 is 12.0 Å². The minimum absolute atomic E-state index is 0.451. The van der Waals surface area contributed by atoms with E-state index in [1.54, 1.807) is 6.20 Å². The number of aryl methyl sites for hydroxylation is 1. The topological polar surface area (TPSA) is 35.3 Å². The summed E-state index contributed by atoms with van der Waals surface area (Å²) in [5, 5.41) is 0. The van der Waals surface area contributed by atoms with Gasteiger partial charge in [0.2, 0.25) is 5.89 Å². The van der Waals surface area contributed by atoms with Crippen LogP contribution in [0.4, 0.5) is 0 Å². The summed E-state index contributed by atoms with van der Waals surface area (Å²) in [6.07, 6.45) is 1.69. The first-order valence-corrected chi connectivity index (χ1v) is 4.39. The van der Waals surface area contributed by atoms with Crippen molar-refractivity contribution in [2.45, 2.75) is 20.5 Å². The Morgan fingerprint density at radius 3 is 3.09 bits per heavy atom. The SMILES string of the molecule is CCSOCc1ncc(C)o1. The first-order valence-electron chi connectivity index (χ1n) is 3.48. The van der Waals surface area contributed by atoms with Crippen LogP contribution in [0.15, 0.2) is 10.6 Å². The molecule has 0 aliphatic carbocycles. The number of nitrogens with zero attached hydrogens (tertiary/aromatic N) is 1. The van der Waals surface area contributed by atoms with Crippen molar-refractivity contribution in [2.24, 2.45) is 0 Å². The quantitative estimate of drug-likeness (QED) is 0.516. The van der Waals surface area contributed by atoms with Gasteiger partial charge in [0, 0.05) is 5.75 Å². The standard InChI is InChI=1S/C7H11NO2S/c1-3-11-9-5-7-8-4-6(2)10-7/h4H,3,5H2,1-2H3. The lowest BCUT2D eigenvalue weighted by atomic mass is 10.6. The van der Waals surface area contributed by atoms with Gasteiger partial charge in [-0.2, -0.15) is 0 Å². The highest BCUT2D eigenvalue weighted by molar-refractivity contribution is 7.94. The van der Waals surface area contributed by atoms with Crippen LogP contribution in [0.5, 0.6) is 0 Å². The Hall–Kier alpha value is -0.480. The molecule has 62 valence electrons. The predicted molar refractivity (Wildman–Crippen MR) is 44.2 cm³/mol. The molecule has 0 amide bonds. The molecule has 0 saturated carbocycles. The minimum atomic E-state index is 0.451. The number of hydrogen-bond acceptors (Lipinski definition) is 4. The average Bonchev–Trinajstić information content (AvgIpc) is 2.37. The van der Waals surface area contributed by atoms with E-state index in [2.05, 4.69) is 4.98 Å². The smallest absolute Gasteiger partial charge is 0.221 e. The van der Waals surface area contributed by atoms with Crippen molar-refractivity contribution in [2.75, 3.05) is 5.75 Å². The molecule has 0 saturated heterocycles. The van der Waals surface area contributed by atoms with Gasteiger partial charge in [-0.15, -0.1) is 0 Å². The summed E-state index contributed by atoms with van der Waals surface area (Å²) in [4.78, 5) is 3.98. The van der Waals surface area contributed by atoms with Crippen LogP contribution in [0.3, 0.4) is 0 Å². The second-order valence-electron chi connectivity index (χ2n) is 2.03. The van der Waals surface area contributed by atoms with Gasteiger partial charge in [0.05, 0.1) is 6.20 Å². The highest BCUT2D eigenvalue weighted by Crippen LogP contribution is 2.08. The fourth-order valence-electron chi connectivity index (χ4n) is 0.644. The monoisotopic (exact) mass is 173 g/mol. The van der Waals surface area contributed by atoms with Crippen molar-refractivity contribution in [3.63, 3.8) is 0 Å². The van der Waals surface area contributed by atoms with Gasteiger partial charge >= 0.3 is 0 Å². The van der Waals surface area contributed by atoms with Crippen molar-refractivity contribution in [1.29, 1.82) is 0 Å². The number of rotatable bonds is 4. The molecule has 0 bridgehead atoms. The molecule has 4 heteroatoms. The number of aromatic nitrogens is 1. The zero-order chi connectivity index (χ0) is 8.10. The van der Waals surface area contributed by atoms with Crippen LogP contribution < -0.4 is 0 Å². The summed E-state index contributed by atoms with van der Waals surface area (Å²) < 4.78 is 10.3. The second-order valence-corrected chi connectivity index (χ2v) is 3.08. The fraction of sp³-hybridized carbons (Fsp3) is 0.571. The van der Waals surface area contributed by atoms with Crippen molar-refractivity contribution in [1.82, 2.24) is 4.98 Å². The van der Waals surface area contributed by atoms with Crippen LogP contribution in [0.25, 0.3) is 0 Å². The summed E-state index contributed by atoms with van der Waals surface area (Å²) >= 11 is 1.41. The Bertz CT molecular complexity index is 212. The van der Waals surface area contributed by atoms with Gasteiger partial charge in [-0.25, -0.2) is 4.98 Å². The van der Waals surface area contributed by atoms with Crippen LogP contribution in [0.1, 0.15) is 18.6 Å². The van der Waals surface area contributed by atoms with E-state index in [1.165, 1.54) is 12.0 Å². The Kier molecular flexibility index (Phi) is 3.45. The Balaban J connectivity index is 2.27. The zero-order valence-corrected chi connectivity index (χ0v) is 7.48. The van der Waals surface area contributed by atoms with Crippen molar-refractivity contribution in [3.8, 4) is 0 Å². The summed E-state index contributed by atoms with van der Waals surface area (Å²) in [5.41, 5.74) is 0. The van der Waals surface area contributed by atoms with E-state index in [9.17, 15) is 0 Å². The molecular weight excluding hydrogens is 162 g/mol. The van der Waals surface area contributed by atoms with Gasteiger partial charge in [0.15, 0.2) is 0 Å². The first-order chi connectivity index (χ1) is 5.33. The molecule has 0 aliphatic rings. The van der Waals surface area contributed by atoms with Crippen molar-refractivity contribution in [3.05, 3.63) is 17.8 Å². The van der Waals surface area contributed by atoms with Crippen LogP contribution in [0.2, 0.25) is 0 Å². The molecule has 1 aromatic rings. The third kappa shape index (κ3) is 2.95. The maximum atomic E-state index is 5.18. The highest BCUT2D eigenvalue weighted by Gasteiger charge is 1.99.